The summed E-state index contributed by atoms with van der Waals surface area (Å²) in [6.07, 6.45) is 3.80. The Morgan fingerprint density at radius 1 is 1.53 bits per heavy atom. The molecule has 1 N–H and O–H groups in total. The number of benzene rings is 1. The maximum Gasteiger partial charge on any atom is 0.165 e. The van der Waals surface area contributed by atoms with E-state index in [1.165, 1.54) is 24.6 Å². The average Bonchev–Trinajstić information content (AvgIpc) is 2.38. The molecule has 0 aliphatic carbocycles. The van der Waals surface area contributed by atoms with Crippen LogP contribution in [-0.4, -0.2) is 18.4 Å². The summed E-state index contributed by atoms with van der Waals surface area (Å²) in [6.45, 7) is 3.15. The van der Waals surface area contributed by atoms with Crippen molar-refractivity contribution in [3.05, 3.63) is 34.6 Å². The van der Waals surface area contributed by atoms with Crippen LogP contribution in [0.2, 0.25) is 5.02 Å². The first kappa shape index (κ1) is 14.5. The molecule has 0 radical (unpaired) electrons. The third-order valence-corrected chi connectivity index (χ3v) is 4.16. The first-order chi connectivity index (χ1) is 9.10. The molecule has 19 heavy (non-hydrogen) atoms. The number of hydrogen-bond donors (Lipinski definition) is 1. The Labute approximate surface area is 118 Å². The molecule has 1 heterocycles. The van der Waals surface area contributed by atoms with Gasteiger partial charge in [-0.05, 0) is 43.5 Å². The average molecular weight is 284 g/mol. The van der Waals surface area contributed by atoms with Crippen LogP contribution >= 0.6 is 11.6 Å². The lowest BCUT2D eigenvalue weighted by Crippen LogP contribution is -2.39. The first-order valence-electron chi connectivity index (χ1n) is 6.81. The van der Waals surface area contributed by atoms with Gasteiger partial charge in [0, 0.05) is 18.0 Å². The molecule has 1 fully saturated rings. The molecule has 1 aliphatic heterocycles. The lowest BCUT2D eigenvalue weighted by molar-refractivity contribution is 0.0957. The second kappa shape index (κ2) is 6.49. The zero-order chi connectivity index (χ0) is 13.8. The normalized spacial score (nSPS) is 23.3. The third kappa shape index (κ3) is 3.77. The highest BCUT2D eigenvalue weighted by Gasteiger charge is 2.23. The minimum absolute atomic E-state index is 0.0146. The second-order valence-corrected chi connectivity index (χ2v) is 5.61. The topological polar surface area (TPSA) is 29.1 Å². The number of carbonyl (C=O) groups excluding carboxylic acids is 1. The highest BCUT2D eigenvalue weighted by molar-refractivity contribution is 6.34. The highest BCUT2D eigenvalue weighted by atomic mass is 35.5. The van der Waals surface area contributed by atoms with Gasteiger partial charge in [0.1, 0.15) is 5.82 Å². The summed E-state index contributed by atoms with van der Waals surface area (Å²) in [5.41, 5.74) is 0.420. The fraction of sp³-hybridized carbons (Fsp3) is 0.533. The molecule has 0 spiro atoms. The summed E-state index contributed by atoms with van der Waals surface area (Å²) in [7, 11) is 0. The third-order valence-electron chi connectivity index (χ3n) is 3.84. The Kier molecular flexibility index (Phi) is 4.94. The first-order valence-corrected chi connectivity index (χ1v) is 7.19. The van der Waals surface area contributed by atoms with Crippen molar-refractivity contribution in [3.63, 3.8) is 0 Å². The summed E-state index contributed by atoms with van der Waals surface area (Å²) in [5, 5.41) is 3.58. The molecule has 0 aromatic heterocycles. The molecule has 1 saturated heterocycles. The van der Waals surface area contributed by atoms with Crippen molar-refractivity contribution in [1.29, 1.82) is 0 Å². The fourth-order valence-corrected chi connectivity index (χ4v) is 2.94. The van der Waals surface area contributed by atoms with Gasteiger partial charge in [-0.3, -0.25) is 4.79 Å². The van der Waals surface area contributed by atoms with Gasteiger partial charge in [0.2, 0.25) is 0 Å². The van der Waals surface area contributed by atoms with Crippen LogP contribution in [-0.2, 0) is 0 Å². The summed E-state index contributed by atoms with van der Waals surface area (Å²) < 4.78 is 13.0. The predicted octanol–water partition coefficient (Wildman–Crippen LogP) is 3.83. The van der Waals surface area contributed by atoms with Crippen LogP contribution in [0.15, 0.2) is 18.2 Å². The number of Topliss-reactive ketones (excluding diaryl/α,β-unsaturated/α-hetero) is 1. The van der Waals surface area contributed by atoms with Gasteiger partial charge < -0.3 is 5.32 Å². The molecule has 1 aromatic rings. The van der Waals surface area contributed by atoms with Crippen molar-refractivity contribution in [2.45, 2.75) is 38.6 Å². The molecule has 1 aliphatic rings. The van der Waals surface area contributed by atoms with Crippen LogP contribution in [0.3, 0.4) is 0 Å². The van der Waals surface area contributed by atoms with Gasteiger partial charge in [-0.25, -0.2) is 4.39 Å². The molecule has 104 valence electrons. The van der Waals surface area contributed by atoms with Crippen LogP contribution in [0, 0.1) is 11.7 Å². The van der Waals surface area contributed by atoms with Crippen molar-refractivity contribution >= 4 is 17.4 Å². The van der Waals surface area contributed by atoms with Gasteiger partial charge in [0.05, 0.1) is 5.02 Å². The van der Waals surface area contributed by atoms with Crippen molar-refractivity contribution in [2.75, 3.05) is 6.54 Å². The minimum atomic E-state index is -0.414. The van der Waals surface area contributed by atoms with E-state index in [-0.39, 0.29) is 16.8 Å². The number of piperidine rings is 1. The van der Waals surface area contributed by atoms with E-state index in [0.717, 1.165) is 19.4 Å². The van der Waals surface area contributed by atoms with E-state index >= 15 is 0 Å². The summed E-state index contributed by atoms with van der Waals surface area (Å²) in [6, 6.07) is 4.16. The lowest BCUT2D eigenvalue weighted by atomic mass is 9.87. The SMILES string of the molecule is CCC1CCNC(CC(=O)c2ccc(F)cc2Cl)C1. The highest BCUT2D eigenvalue weighted by Crippen LogP contribution is 2.24. The van der Waals surface area contributed by atoms with Crippen molar-refractivity contribution in [3.8, 4) is 0 Å². The number of ketones is 1. The fourth-order valence-electron chi connectivity index (χ4n) is 2.67. The van der Waals surface area contributed by atoms with E-state index in [9.17, 15) is 9.18 Å². The maximum absolute atomic E-state index is 13.0. The summed E-state index contributed by atoms with van der Waals surface area (Å²) in [5.74, 6) is 0.269. The number of rotatable bonds is 4. The van der Waals surface area contributed by atoms with Gasteiger partial charge in [-0.1, -0.05) is 24.9 Å². The van der Waals surface area contributed by atoms with Gasteiger partial charge in [-0.15, -0.1) is 0 Å². The molecule has 1 aromatic carbocycles. The number of carbonyl (C=O) groups is 1. The van der Waals surface area contributed by atoms with E-state index in [1.54, 1.807) is 0 Å². The van der Waals surface area contributed by atoms with E-state index in [0.29, 0.717) is 17.9 Å². The quantitative estimate of drug-likeness (QED) is 0.851. The largest absolute Gasteiger partial charge is 0.314 e. The monoisotopic (exact) mass is 283 g/mol. The van der Waals surface area contributed by atoms with Crippen LogP contribution in [0.5, 0.6) is 0 Å². The molecule has 2 unspecified atom stereocenters. The van der Waals surface area contributed by atoms with Crippen LogP contribution in [0.1, 0.15) is 43.0 Å². The van der Waals surface area contributed by atoms with Gasteiger partial charge >= 0.3 is 0 Å². The molecular weight excluding hydrogens is 265 g/mol. The summed E-state index contributed by atoms with van der Waals surface area (Å²) >= 11 is 5.92. The molecule has 2 atom stereocenters. The lowest BCUT2D eigenvalue weighted by Gasteiger charge is -2.29. The molecule has 0 saturated carbocycles. The van der Waals surface area contributed by atoms with Gasteiger partial charge in [0.25, 0.3) is 0 Å². The Balaban J connectivity index is 2.00. The van der Waals surface area contributed by atoms with E-state index in [4.69, 9.17) is 11.6 Å². The second-order valence-electron chi connectivity index (χ2n) is 5.20. The van der Waals surface area contributed by atoms with E-state index in [1.807, 2.05) is 0 Å². The predicted molar refractivity (Wildman–Crippen MR) is 75.2 cm³/mol. The standard InChI is InChI=1S/C15H19ClFNO/c1-2-10-5-6-18-12(7-10)9-15(19)13-4-3-11(17)8-14(13)16/h3-4,8,10,12,18H,2,5-7,9H2,1H3. The van der Waals surface area contributed by atoms with Gasteiger partial charge in [0.15, 0.2) is 5.78 Å². The molecule has 2 nitrogen and oxygen atoms in total. The Morgan fingerprint density at radius 3 is 3.00 bits per heavy atom. The molecular formula is C15H19ClFNO. The summed E-state index contributed by atoms with van der Waals surface area (Å²) in [4.78, 5) is 12.2. The minimum Gasteiger partial charge on any atom is -0.314 e. The Hall–Kier alpha value is -0.930. The number of nitrogens with one attached hydrogen (secondary N) is 1. The number of halogens is 2. The van der Waals surface area contributed by atoms with Crippen LogP contribution < -0.4 is 5.32 Å². The van der Waals surface area contributed by atoms with Crippen molar-refractivity contribution in [1.82, 2.24) is 5.32 Å². The Morgan fingerprint density at radius 2 is 2.32 bits per heavy atom. The smallest absolute Gasteiger partial charge is 0.165 e. The number of hydrogen-bond acceptors (Lipinski definition) is 2. The maximum atomic E-state index is 13.0. The van der Waals surface area contributed by atoms with Crippen molar-refractivity contribution < 1.29 is 9.18 Å². The van der Waals surface area contributed by atoms with Crippen LogP contribution in [0.4, 0.5) is 4.39 Å². The van der Waals surface area contributed by atoms with Crippen molar-refractivity contribution in [2.24, 2.45) is 5.92 Å². The van der Waals surface area contributed by atoms with E-state index < -0.39 is 5.82 Å². The Bertz CT molecular complexity index is 463. The molecule has 2 rings (SSSR count). The van der Waals surface area contributed by atoms with Gasteiger partial charge in [-0.2, -0.15) is 0 Å². The molecule has 0 bridgehead atoms. The van der Waals surface area contributed by atoms with E-state index in [2.05, 4.69) is 12.2 Å². The zero-order valence-electron chi connectivity index (χ0n) is 11.1. The molecule has 4 heteroatoms. The zero-order valence-corrected chi connectivity index (χ0v) is 11.8. The molecule has 0 amide bonds. The van der Waals surface area contributed by atoms with Crippen LogP contribution in [0.25, 0.3) is 0 Å².